The Bertz CT molecular complexity index is 915. The molecule has 2 heterocycles. The molecule has 2 aliphatic heterocycles. The second kappa shape index (κ2) is 7.48. The molecule has 6 heteroatoms. The number of piperidine rings is 1. The van der Waals surface area contributed by atoms with Gasteiger partial charge in [-0.25, -0.2) is 5.48 Å². The van der Waals surface area contributed by atoms with Gasteiger partial charge in [0.25, 0.3) is 5.91 Å². The minimum absolute atomic E-state index is 0.0660. The van der Waals surface area contributed by atoms with Crippen molar-refractivity contribution in [3.8, 4) is 5.75 Å². The van der Waals surface area contributed by atoms with Gasteiger partial charge in [0.05, 0.1) is 12.0 Å². The van der Waals surface area contributed by atoms with Crippen LogP contribution in [-0.2, 0) is 4.79 Å². The number of fused-ring (bicyclic) bond motifs is 1. The molecule has 1 spiro atoms. The maximum atomic E-state index is 12.8. The molecule has 1 amide bonds. The van der Waals surface area contributed by atoms with Crippen molar-refractivity contribution in [3.05, 3.63) is 65.7 Å². The summed E-state index contributed by atoms with van der Waals surface area (Å²) in [4.78, 5) is 26.3. The number of Topliss-reactive ketones (excluding diaryl/α,β-unsaturated/α-hetero) is 1. The zero-order valence-electron chi connectivity index (χ0n) is 15.4. The van der Waals surface area contributed by atoms with Gasteiger partial charge in [-0.3, -0.25) is 14.8 Å². The van der Waals surface area contributed by atoms with E-state index in [0.717, 1.165) is 25.9 Å². The monoisotopic (exact) mass is 378 g/mol. The van der Waals surface area contributed by atoms with Crippen LogP contribution >= 0.6 is 0 Å². The number of nitrogens with zero attached hydrogens (tertiary/aromatic N) is 1. The quantitative estimate of drug-likeness (QED) is 0.487. The lowest BCUT2D eigenvalue weighted by Gasteiger charge is -2.44. The van der Waals surface area contributed by atoms with Gasteiger partial charge in [-0.15, -0.1) is 0 Å². The van der Waals surface area contributed by atoms with Gasteiger partial charge in [-0.05, 0) is 35.9 Å². The lowest BCUT2D eigenvalue weighted by molar-refractivity contribution is -0.124. The number of ketones is 1. The molecule has 2 aromatic rings. The fourth-order valence-corrected chi connectivity index (χ4v) is 3.91. The van der Waals surface area contributed by atoms with Gasteiger partial charge in [0.15, 0.2) is 5.78 Å². The van der Waals surface area contributed by atoms with Gasteiger partial charge in [0, 0.05) is 37.7 Å². The molecule has 2 aromatic carbocycles. The fraction of sp³-hybridized carbons (Fsp3) is 0.273. The fourth-order valence-electron chi connectivity index (χ4n) is 3.91. The second-order valence-electron chi connectivity index (χ2n) is 7.27. The van der Waals surface area contributed by atoms with Crippen molar-refractivity contribution in [2.75, 3.05) is 18.0 Å². The molecule has 0 aromatic heterocycles. The highest BCUT2D eigenvalue weighted by Crippen LogP contribution is 2.40. The van der Waals surface area contributed by atoms with Gasteiger partial charge in [0.2, 0.25) is 0 Å². The number of hydrogen-bond acceptors (Lipinski definition) is 5. The highest BCUT2D eigenvalue weighted by molar-refractivity contribution is 6.01. The Hall–Kier alpha value is -3.12. The summed E-state index contributed by atoms with van der Waals surface area (Å²) in [5, 5.41) is 8.55. The average Bonchev–Trinajstić information content (AvgIpc) is 2.73. The maximum absolute atomic E-state index is 12.8. The Labute approximate surface area is 163 Å². The summed E-state index contributed by atoms with van der Waals surface area (Å²) in [6.07, 6.45) is 4.71. The standard InChI is InChI=1S/C22H22N2O4/c25-19-15-22(10-12-24(13-11-22)17-4-2-1-3-5-17)28-20-8-6-16(14-18(19)20)7-9-21(26)23-27/h1-9,14,27H,10-13,15H2,(H,23,26)/b9-7+. The predicted octanol–water partition coefficient (Wildman–Crippen LogP) is 3.21. The third kappa shape index (κ3) is 3.64. The molecular formula is C22H22N2O4. The smallest absolute Gasteiger partial charge is 0.267 e. The van der Waals surface area contributed by atoms with E-state index in [1.54, 1.807) is 24.3 Å². The second-order valence-corrected chi connectivity index (χ2v) is 7.27. The van der Waals surface area contributed by atoms with Crippen LogP contribution in [0.4, 0.5) is 5.69 Å². The van der Waals surface area contributed by atoms with Crippen LogP contribution in [0.5, 0.6) is 5.75 Å². The maximum Gasteiger partial charge on any atom is 0.267 e. The van der Waals surface area contributed by atoms with Gasteiger partial charge >= 0.3 is 0 Å². The van der Waals surface area contributed by atoms with Crippen molar-refractivity contribution in [2.24, 2.45) is 0 Å². The van der Waals surface area contributed by atoms with E-state index in [1.807, 2.05) is 18.2 Å². The van der Waals surface area contributed by atoms with Crippen LogP contribution in [0.1, 0.15) is 35.2 Å². The third-order valence-corrected chi connectivity index (χ3v) is 5.45. The number of hydrogen-bond donors (Lipinski definition) is 2. The Morgan fingerprint density at radius 3 is 2.61 bits per heavy atom. The summed E-state index contributed by atoms with van der Waals surface area (Å²) in [6, 6.07) is 15.6. The minimum Gasteiger partial charge on any atom is -0.486 e. The Morgan fingerprint density at radius 1 is 1.14 bits per heavy atom. The van der Waals surface area contributed by atoms with E-state index >= 15 is 0 Å². The van der Waals surface area contributed by atoms with E-state index in [-0.39, 0.29) is 5.78 Å². The van der Waals surface area contributed by atoms with Gasteiger partial charge in [0.1, 0.15) is 11.4 Å². The van der Waals surface area contributed by atoms with Crippen LogP contribution < -0.4 is 15.1 Å². The van der Waals surface area contributed by atoms with Crippen LogP contribution in [0.2, 0.25) is 0 Å². The lowest BCUT2D eigenvalue weighted by Crippen LogP contribution is -2.51. The summed E-state index contributed by atoms with van der Waals surface area (Å²) in [5.74, 6) is 0.0499. The highest BCUT2D eigenvalue weighted by atomic mass is 16.5. The van der Waals surface area contributed by atoms with Crippen LogP contribution in [0.25, 0.3) is 6.08 Å². The van der Waals surface area contributed by atoms with E-state index in [9.17, 15) is 9.59 Å². The molecule has 1 fully saturated rings. The number of rotatable bonds is 3. The molecule has 0 radical (unpaired) electrons. The van der Waals surface area contributed by atoms with Crippen molar-refractivity contribution in [1.29, 1.82) is 0 Å². The molecule has 0 aliphatic carbocycles. The normalized spacial score (nSPS) is 18.0. The highest BCUT2D eigenvalue weighted by Gasteiger charge is 2.43. The molecule has 0 atom stereocenters. The molecule has 6 nitrogen and oxygen atoms in total. The Morgan fingerprint density at radius 2 is 1.89 bits per heavy atom. The van der Waals surface area contributed by atoms with E-state index in [0.29, 0.717) is 23.3 Å². The molecule has 2 aliphatic rings. The first-order valence-electron chi connectivity index (χ1n) is 9.37. The first-order valence-corrected chi connectivity index (χ1v) is 9.37. The summed E-state index contributed by atoms with van der Waals surface area (Å²) in [6.45, 7) is 1.70. The van der Waals surface area contributed by atoms with Crippen molar-refractivity contribution >= 4 is 23.5 Å². The zero-order valence-corrected chi connectivity index (χ0v) is 15.4. The molecule has 28 heavy (non-hydrogen) atoms. The van der Waals surface area contributed by atoms with Crippen molar-refractivity contribution in [2.45, 2.75) is 24.9 Å². The summed E-state index contributed by atoms with van der Waals surface area (Å²) < 4.78 is 6.33. The first-order chi connectivity index (χ1) is 13.6. The number of benzene rings is 2. The van der Waals surface area contributed by atoms with E-state index < -0.39 is 11.5 Å². The van der Waals surface area contributed by atoms with Crippen LogP contribution in [0.3, 0.4) is 0 Å². The molecular weight excluding hydrogens is 356 g/mol. The molecule has 0 bridgehead atoms. The lowest BCUT2D eigenvalue weighted by atomic mass is 9.82. The topological polar surface area (TPSA) is 78.9 Å². The average molecular weight is 378 g/mol. The van der Waals surface area contributed by atoms with Crippen LogP contribution in [0.15, 0.2) is 54.6 Å². The summed E-state index contributed by atoms with van der Waals surface area (Å²) in [7, 11) is 0. The SMILES string of the molecule is O=C(/C=C/c1ccc2c(c1)C(=O)CC1(CCN(c3ccccc3)CC1)O2)NO. The minimum atomic E-state index is -0.621. The number of hydroxylamine groups is 1. The zero-order chi connectivity index (χ0) is 19.6. The number of carbonyl (C=O) groups is 2. The van der Waals surface area contributed by atoms with Crippen molar-refractivity contribution in [1.82, 2.24) is 5.48 Å². The largest absolute Gasteiger partial charge is 0.486 e. The summed E-state index contributed by atoms with van der Waals surface area (Å²) in [5.41, 5.74) is 3.54. The van der Waals surface area contributed by atoms with Crippen molar-refractivity contribution < 1.29 is 19.5 Å². The first kappa shape index (κ1) is 18.3. The number of carbonyl (C=O) groups excluding carboxylic acids is 2. The number of para-hydroxylation sites is 1. The Balaban J connectivity index is 1.49. The Kier molecular flexibility index (Phi) is 4.88. The van der Waals surface area contributed by atoms with E-state index in [1.165, 1.54) is 17.2 Å². The van der Waals surface area contributed by atoms with Crippen LogP contribution in [0, 0.1) is 0 Å². The van der Waals surface area contributed by atoms with E-state index in [2.05, 4.69) is 17.0 Å². The van der Waals surface area contributed by atoms with Crippen LogP contribution in [-0.4, -0.2) is 35.6 Å². The van der Waals surface area contributed by atoms with Gasteiger partial charge in [-0.2, -0.15) is 0 Å². The van der Waals surface area contributed by atoms with Gasteiger partial charge < -0.3 is 9.64 Å². The molecule has 4 rings (SSSR count). The number of amides is 1. The summed E-state index contributed by atoms with van der Waals surface area (Å²) >= 11 is 0. The van der Waals surface area contributed by atoms with Crippen molar-refractivity contribution in [3.63, 3.8) is 0 Å². The molecule has 0 unspecified atom stereocenters. The number of ether oxygens (including phenoxy) is 1. The molecule has 0 saturated carbocycles. The van der Waals surface area contributed by atoms with E-state index in [4.69, 9.17) is 9.94 Å². The third-order valence-electron chi connectivity index (χ3n) is 5.45. The number of anilines is 1. The predicted molar refractivity (Wildman–Crippen MR) is 106 cm³/mol. The van der Waals surface area contributed by atoms with Gasteiger partial charge in [-0.1, -0.05) is 24.3 Å². The molecule has 144 valence electrons. The molecule has 2 N–H and O–H groups in total. The molecule has 1 saturated heterocycles. The number of nitrogens with one attached hydrogen (secondary N) is 1.